The predicted octanol–water partition coefficient (Wildman–Crippen LogP) is 3.03. The molecule has 25 heavy (non-hydrogen) atoms. The Kier molecular flexibility index (Phi) is 5.48. The van der Waals surface area contributed by atoms with Crippen molar-refractivity contribution in [3.63, 3.8) is 0 Å². The normalized spacial score (nSPS) is 18.7. The van der Waals surface area contributed by atoms with Crippen LogP contribution in [0.25, 0.3) is 0 Å². The lowest BCUT2D eigenvalue weighted by Gasteiger charge is -2.24. The Balaban J connectivity index is 1.92. The summed E-state index contributed by atoms with van der Waals surface area (Å²) >= 11 is 0. The summed E-state index contributed by atoms with van der Waals surface area (Å²) in [6.07, 6.45) is 7.27. The van der Waals surface area contributed by atoms with Crippen molar-refractivity contribution in [1.82, 2.24) is 10.3 Å². The number of aliphatic imine (C=N–C) groups is 1. The van der Waals surface area contributed by atoms with Gasteiger partial charge in [-0.3, -0.25) is 4.79 Å². The highest BCUT2D eigenvalue weighted by molar-refractivity contribution is 6.06. The van der Waals surface area contributed by atoms with Crippen LogP contribution in [0.5, 0.6) is 5.88 Å². The Morgan fingerprint density at radius 3 is 2.72 bits per heavy atom. The molecule has 0 radical (unpaired) electrons. The third-order valence-electron chi connectivity index (χ3n) is 4.79. The Morgan fingerprint density at radius 1 is 1.40 bits per heavy atom. The van der Waals surface area contributed by atoms with Crippen LogP contribution in [0.2, 0.25) is 0 Å². The summed E-state index contributed by atoms with van der Waals surface area (Å²) in [5.41, 5.74) is 2.84. The summed E-state index contributed by atoms with van der Waals surface area (Å²) in [4.78, 5) is 21.0. The molecular weight excluding hydrogens is 318 g/mol. The Labute approximate surface area is 148 Å². The first kappa shape index (κ1) is 17.6. The van der Waals surface area contributed by atoms with Crippen LogP contribution in [0.15, 0.2) is 23.8 Å². The van der Waals surface area contributed by atoms with Crippen molar-refractivity contribution in [2.75, 3.05) is 20.3 Å². The van der Waals surface area contributed by atoms with Crippen LogP contribution in [-0.2, 0) is 9.53 Å². The topological polar surface area (TPSA) is 72.8 Å². The van der Waals surface area contributed by atoms with Crippen molar-refractivity contribution in [3.8, 4) is 5.88 Å². The van der Waals surface area contributed by atoms with Crippen molar-refractivity contribution in [2.45, 2.75) is 38.5 Å². The average molecular weight is 343 g/mol. The van der Waals surface area contributed by atoms with Gasteiger partial charge in [-0.05, 0) is 55.7 Å². The zero-order valence-electron chi connectivity index (χ0n) is 14.9. The second-order valence-corrected chi connectivity index (χ2v) is 6.55. The molecule has 3 rings (SSSR count). The molecule has 2 heterocycles. The van der Waals surface area contributed by atoms with E-state index in [1.165, 1.54) is 5.56 Å². The lowest BCUT2D eigenvalue weighted by Crippen LogP contribution is -2.30. The van der Waals surface area contributed by atoms with Crippen molar-refractivity contribution < 1.29 is 14.3 Å². The number of rotatable bonds is 5. The number of carbonyl (C=O) groups is 1. The first-order chi connectivity index (χ1) is 12.1. The molecule has 134 valence electrons. The van der Waals surface area contributed by atoms with Gasteiger partial charge in [0.15, 0.2) is 0 Å². The molecule has 0 aromatic carbocycles. The smallest absolute Gasteiger partial charge is 0.240 e. The van der Waals surface area contributed by atoms with E-state index in [4.69, 9.17) is 9.47 Å². The molecule has 1 aliphatic carbocycles. The molecule has 0 spiro atoms. The van der Waals surface area contributed by atoms with E-state index in [2.05, 4.69) is 21.9 Å². The summed E-state index contributed by atoms with van der Waals surface area (Å²) < 4.78 is 10.8. The first-order valence-electron chi connectivity index (χ1n) is 8.77. The highest BCUT2D eigenvalue weighted by Crippen LogP contribution is 2.37. The van der Waals surface area contributed by atoms with Gasteiger partial charge in [-0.1, -0.05) is 6.58 Å². The van der Waals surface area contributed by atoms with Gasteiger partial charge in [0.1, 0.15) is 11.5 Å². The van der Waals surface area contributed by atoms with Crippen LogP contribution in [0, 0.1) is 12.8 Å². The van der Waals surface area contributed by atoms with Gasteiger partial charge >= 0.3 is 0 Å². The predicted molar refractivity (Wildman–Crippen MR) is 96.5 cm³/mol. The molecule has 6 heteroatoms. The Morgan fingerprint density at radius 2 is 2.12 bits per heavy atom. The van der Waals surface area contributed by atoms with Crippen LogP contribution in [0.4, 0.5) is 5.69 Å². The third kappa shape index (κ3) is 4.07. The van der Waals surface area contributed by atoms with Gasteiger partial charge in [-0.15, -0.1) is 0 Å². The quantitative estimate of drug-likeness (QED) is 0.659. The van der Waals surface area contributed by atoms with E-state index in [1.807, 2.05) is 13.1 Å². The number of amidine groups is 1. The van der Waals surface area contributed by atoms with Crippen LogP contribution >= 0.6 is 0 Å². The molecule has 6 nitrogen and oxygen atoms in total. The molecule has 0 atom stereocenters. The van der Waals surface area contributed by atoms with E-state index >= 15 is 0 Å². The van der Waals surface area contributed by atoms with Crippen molar-refractivity contribution in [2.24, 2.45) is 10.9 Å². The summed E-state index contributed by atoms with van der Waals surface area (Å²) in [7, 11) is 1.57. The summed E-state index contributed by atoms with van der Waals surface area (Å²) in [6.45, 7) is 7.33. The van der Waals surface area contributed by atoms with Crippen molar-refractivity contribution in [3.05, 3.63) is 30.0 Å². The van der Waals surface area contributed by atoms with Gasteiger partial charge < -0.3 is 14.8 Å². The summed E-state index contributed by atoms with van der Waals surface area (Å²) in [5, 5.41) is 2.84. The maximum atomic E-state index is 12.0. The highest BCUT2D eigenvalue weighted by atomic mass is 16.5. The van der Waals surface area contributed by atoms with Gasteiger partial charge in [0.05, 0.1) is 7.11 Å². The van der Waals surface area contributed by atoms with Crippen LogP contribution in [0.1, 0.15) is 42.7 Å². The fourth-order valence-electron chi connectivity index (χ4n) is 3.10. The number of carbonyl (C=O) groups excluding carboxylic acids is 1. The molecular formula is C19H25N3O3. The molecule has 2 fully saturated rings. The first-order valence-corrected chi connectivity index (χ1v) is 8.77. The zero-order valence-corrected chi connectivity index (χ0v) is 14.9. The fraction of sp³-hybridized carbons (Fsp3) is 0.526. The minimum absolute atomic E-state index is 0.00353. The molecule has 1 aliphatic heterocycles. The summed E-state index contributed by atoms with van der Waals surface area (Å²) in [6, 6.07) is 0. The van der Waals surface area contributed by atoms with Crippen LogP contribution < -0.4 is 10.1 Å². The molecule has 1 aromatic rings. The number of pyridine rings is 1. The highest BCUT2D eigenvalue weighted by Gasteiger charge is 2.30. The van der Waals surface area contributed by atoms with E-state index in [1.54, 1.807) is 13.2 Å². The number of hydrogen-bond donors (Lipinski definition) is 1. The molecule has 0 bridgehead atoms. The largest absolute Gasteiger partial charge is 0.479 e. The second-order valence-electron chi connectivity index (χ2n) is 6.55. The number of amides is 1. The number of hydrogen-bond acceptors (Lipinski definition) is 5. The van der Waals surface area contributed by atoms with Crippen LogP contribution in [-0.4, -0.2) is 37.1 Å². The standard InChI is InChI=1S/C19H25N3O3/c1-4-16(22-18(23)14-5-6-14)21-17-12(2)15(11-20-19(17)24-3)13-7-9-25-10-8-13/h4,11,13-14H,1,5-10H2,2-3H3,(H,21,22,23). The lowest BCUT2D eigenvalue weighted by atomic mass is 9.89. The third-order valence-corrected chi connectivity index (χ3v) is 4.79. The maximum absolute atomic E-state index is 12.0. The number of nitrogens with zero attached hydrogens (tertiary/aromatic N) is 2. The molecule has 1 saturated carbocycles. The van der Waals surface area contributed by atoms with Crippen LogP contribution in [0.3, 0.4) is 0 Å². The Hall–Kier alpha value is -2.21. The van der Waals surface area contributed by atoms with Gasteiger partial charge in [0.2, 0.25) is 11.8 Å². The van der Waals surface area contributed by atoms with E-state index in [0.717, 1.165) is 44.5 Å². The fourth-order valence-corrected chi connectivity index (χ4v) is 3.10. The van der Waals surface area contributed by atoms with Crippen molar-refractivity contribution in [1.29, 1.82) is 0 Å². The van der Waals surface area contributed by atoms with E-state index < -0.39 is 0 Å². The molecule has 2 aliphatic rings. The van der Waals surface area contributed by atoms with E-state index in [0.29, 0.717) is 23.3 Å². The summed E-state index contributed by atoms with van der Waals surface area (Å²) in [5.74, 6) is 1.41. The van der Waals surface area contributed by atoms with Gasteiger partial charge in [-0.25, -0.2) is 9.98 Å². The van der Waals surface area contributed by atoms with Gasteiger partial charge in [0, 0.05) is 25.3 Å². The van der Waals surface area contributed by atoms with Gasteiger partial charge in [0.25, 0.3) is 0 Å². The molecule has 1 aromatic heterocycles. The maximum Gasteiger partial charge on any atom is 0.240 e. The average Bonchev–Trinajstić information content (AvgIpc) is 3.48. The van der Waals surface area contributed by atoms with E-state index in [9.17, 15) is 4.79 Å². The van der Waals surface area contributed by atoms with Gasteiger partial charge in [-0.2, -0.15) is 0 Å². The minimum atomic E-state index is 0.00353. The monoisotopic (exact) mass is 343 g/mol. The number of ether oxygens (including phenoxy) is 2. The molecule has 1 N–H and O–H groups in total. The Bertz CT molecular complexity index is 689. The number of aromatic nitrogens is 1. The van der Waals surface area contributed by atoms with Crippen molar-refractivity contribution >= 4 is 17.4 Å². The lowest BCUT2D eigenvalue weighted by molar-refractivity contribution is -0.120. The number of nitrogens with one attached hydrogen (secondary N) is 1. The SMILES string of the molecule is C=C/C(=N\c1c(OC)ncc(C2CCOCC2)c1C)NC(=O)C1CC1. The van der Waals surface area contributed by atoms with E-state index in [-0.39, 0.29) is 11.8 Å². The second kappa shape index (κ2) is 7.78. The molecule has 1 saturated heterocycles. The molecule has 0 unspecified atom stereocenters. The number of methoxy groups -OCH3 is 1. The zero-order chi connectivity index (χ0) is 17.8. The minimum Gasteiger partial charge on any atom is -0.479 e. The molecule has 1 amide bonds.